The molecule has 2 aliphatic rings. The lowest BCUT2D eigenvalue weighted by atomic mass is 9.67. The van der Waals surface area contributed by atoms with E-state index in [1.165, 1.54) is 27.8 Å². The number of rotatable bonds is 8. The third kappa shape index (κ3) is 5.98. The van der Waals surface area contributed by atoms with Gasteiger partial charge >= 0.3 is 11.9 Å². The van der Waals surface area contributed by atoms with Gasteiger partial charge in [0.15, 0.2) is 0 Å². The van der Waals surface area contributed by atoms with Gasteiger partial charge in [-0.3, -0.25) is 0 Å². The fourth-order valence-corrected chi connectivity index (χ4v) is 10.7. The van der Waals surface area contributed by atoms with Gasteiger partial charge in [0.2, 0.25) is 0 Å². The van der Waals surface area contributed by atoms with Gasteiger partial charge in [-0.25, -0.2) is 9.59 Å². The van der Waals surface area contributed by atoms with Gasteiger partial charge in [0.1, 0.15) is 27.0 Å². The summed E-state index contributed by atoms with van der Waals surface area (Å²) in [7, 11) is 0. The van der Waals surface area contributed by atoms with E-state index < -0.39 is 22.8 Å². The maximum Gasteiger partial charge on any atom is 0.353 e. The smallest absolute Gasteiger partial charge is 0.353 e. The Kier molecular flexibility index (Phi) is 9.07. The average Bonchev–Trinajstić information content (AvgIpc) is 4.02. The molecule has 1 aromatic heterocycles. The molecule has 6 heteroatoms. The van der Waals surface area contributed by atoms with Gasteiger partial charge in [-0.15, -0.1) is 11.3 Å². The third-order valence-electron chi connectivity index (χ3n) is 12.7. The monoisotopic (exact) mass is 834 g/mol. The number of ether oxygens (including phenoxy) is 2. The average molecular weight is 835 g/mol. The summed E-state index contributed by atoms with van der Waals surface area (Å²) in [4.78, 5) is 27.6. The van der Waals surface area contributed by atoms with E-state index in [1.807, 2.05) is 60.7 Å². The van der Waals surface area contributed by atoms with Crippen molar-refractivity contribution >= 4 is 23.3 Å². The van der Waals surface area contributed by atoms with Gasteiger partial charge in [-0.2, -0.15) is 0 Å². The van der Waals surface area contributed by atoms with Gasteiger partial charge in [0.25, 0.3) is 0 Å². The Morgan fingerprint density at radius 3 is 1.05 bits per heavy atom. The number of aromatic hydroxyl groups is 1. The Labute approximate surface area is 369 Å². The molecule has 0 amide bonds. The van der Waals surface area contributed by atoms with Gasteiger partial charge in [-0.1, -0.05) is 163 Å². The molecule has 1 heterocycles. The minimum Gasteiger partial charge on any atom is -0.508 e. The lowest BCUT2D eigenvalue weighted by molar-refractivity contribution is 0.0732. The fourth-order valence-electron chi connectivity index (χ4n) is 9.98. The summed E-state index contributed by atoms with van der Waals surface area (Å²) in [5.74, 6) is -0.160. The van der Waals surface area contributed by atoms with Crippen molar-refractivity contribution in [1.82, 2.24) is 0 Å². The minimum absolute atomic E-state index is 0.194. The summed E-state index contributed by atoms with van der Waals surface area (Å²) in [6.07, 6.45) is 0. The second kappa shape index (κ2) is 15.0. The summed E-state index contributed by atoms with van der Waals surface area (Å²) in [5.41, 5.74) is 13.6. The van der Waals surface area contributed by atoms with Gasteiger partial charge in [0.05, 0.1) is 10.8 Å². The molecule has 2 aliphatic carbocycles. The molecule has 0 fully saturated rings. The van der Waals surface area contributed by atoms with Crippen molar-refractivity contribution in [2.45, 2.75) is 17.8 Å². The normalized spacial score (nSPS) is 13.6. The Morgan fingerprint density at radius 2 is 0.698 bits per heavy atom. The molecule has 0 unspecified atom stereocenters. The van der Waals surface area contributed by atoms with E-state index >= 15 is 0 Å². The van der Waals surface area contributed by atoms with E-state index in [-0.39, 0.29) is 15.5 Å². The number of benzene rings is 8. The first-order valence-corrected chi connectivity index (χ1v) is 21.7. The van der Waals surface area contributed by atoms with Crippen LogP contribution in [0.25, 0.3) is 22.3 Å². The van der Waals surface area contributed by atoms with E-state index in [1.54, 1.807) is 36.4 Å². The van der Waals surface area contributed by atoms with Crippen LogP contribution in [0.15, 0.2) is 206 Å². The van der Waals surface area contributed by atoms with Crippen LogP contribution in [0, 0.1) is 6.92 Å². The number of carbonyl (C=O) groups is 2. The molecule has 0 saturated heterocycles. The van der Waals surface area contributed by atoms with Crippen LogP contribution in [0.2, 0.25) is 0 Å². The number of thiophene rings is 1. The molecule has 0 spiro atoms. The van der Waals surface area contributed by atoms with Crippen LogP contribution >= 0.6 is 11.3 Å². The molecule has 0 bridgehead atoms. The quantitative estimate of drug-likeness (QED) is 0.122. The summed E-state index contributed by atoms with van der Waals surface area (Å²) < 4.78 is 11.8. The molecule has 0 aliphatic heterocycles. The maximum absolute atomic E-state index is 13.5. The molecular weight excluding hydrogens is 797 g/mol. The van der Waals surface area contributed by atoms with Crippen molar-refractivity contribution in [2.24, 2.45) is 0 Å². The highest BCUT2D eigenvalue weighted by Gasteiger charge is 2.47. The highest BCUT2D eigenvalue weighted by Crippen LogP contribution is 2.57. The van der Waals surface area contributed by atoms with E-state index in [0.29, 0.717) is 11.5 Å². The van der Waals surface area contributed by atoms with E-state index in [0.717, 1.165) is 55.8 Å². The Bertz CT molecular complexity index is 2910. The maximum atomic E-state index is 13.5. The van der Waals surface area contributed by atoms with Crippen molar-refractivity contribution in [3.8, 4) is 39.5 Å². The first-order valence-electron chi connectivity index (χ1n) is 20.9. The Morgan fingerprint density at radius 1 is 0.397 bits per heavy atom. The zero-order valence-corrected chi connectivity index (χ0v) is 34.9. The van der Waals surface area contributed by atoms with Crippen LogP contribution in [-0.2, 0) is 10.8 Å². The summed E-state index contributed by atoms with van der Waals surface area (Å²) >= 11 is 1.03. The van der Waals surface area contributed by atoms with Crippen molar-refractivity contribution in [2.75, 3.05) is 0 Å². The third-order valence-corrected chi connectivity index (χ3v) is 13.7. The molecule has 0 atom stereocenters. The largest absolute Gasteiger partial charge is 0.508 e. The second-order valence-electron chi connectivity index (χ2n) is 16.1. The molecule has 8 aromatic carbocycles. The zero-order valence-electron chi connectivity index (χ0n) is 34.1. The second-order valence-corrected chi connectivity index (χ2v) is 17.2. The number of phenols is 1. The minimum atomic E-state index is -0.664. The number of fused-ring (bicyclic) bond motifs is 6. The molecule has 302 valence electrons. The van der Waals surface area contributed by atoms with Crippen LogP contribution < -0.4 is 9.47 Å². The molecule has 11 rings (SSSR count). The Hall–Kier alpha value is -7.80. The highest BCUT2D eigenvalue weighted by molar-refractivity contribution is 7.15. The Balaban J connectivity index is 0.838. The van der Waals surface area contributed by atoms with Crippen LogP contribution in [0.4, 0.5) is 0 Å². The number of carbonyl (C=O) groups excluding carboxylic acids is 2. The SMILES string of the molecule is Cc1ccc(C2(c3ccc(OC(=O)c4ccc(C(=O)Oc5ccc(C6(c7ccc(O)cc7)c7ccccc7-c7ccccc76)cc5)s4)cc3)c3ccccc3-c3ccccc32)cc1. The molecule has 0 saturated carbocycles. The van der Waals surface area contributed by atoms with Crippen molar-refractivity contribution in [1.29, 1.82) is 0 Å². The molecule has 1 N–H and O–H groups in total. The summed E-state index contributed by atoms with van der Waals surface area (Å²) in [6.45, 7) is 2.10. The summed E-state index contributed by atoms with van der Waals surface area (Å²) in [6, 6.07) is 68.6. The first kappa shape index (κ1) is 38.1. The van der Waals surface area contributed by atoms with Gasteiger partial charge in [0, 0.05) is 0 Å². The standard InChI is InChI=1S/C57H38O5S/c1-36-18-20-37(21-19-36)56(48-14-6-2-10-44(48)45-11-3-7-15-49(45)56)39-24-30-42(31-25-39)61-54(59)52-34-35-53(63-52)55(60)62-43-32-26-40(27-33-43)57(38-22-28-41(58)29-23-38)50-16-8-4-12-46(50)47-13-5-9-17-51(47)57/h2-35,58H,1H3. The van der Waals surface area contributed by atoms with Crippen LogP contribution in [-0.4, -0.2) is 17.0 Å². The van der Waals surface area contributed by atoms with Gasteiger partial charge < -0.3 is 14.6 Å². The molecule has 0 radical (unpaired) electrons. The molecule has 9 aromatic rings. The lowest BCUT2D eigenvalue weighted by Gasteiger charge is -2.34. The number of aryl methyl sites for hydroxylation is 1. The van der Waals surface area contributed by atoms with E-state index in [2.05, 4.69) is 116 Å². The molecule has 63 heavy (non-hydrogen) atoms. The van der Waals surface area contributed by atoms with Crippen molar-refractivity contribution < 1.29 is 24.2 Å². The van der Waals surface area contributed by atoms with Crippen molar-refractivity contribution in [3.63, 3.8) is 0 Å². The summed E-state index contributed by atoms with van der Waals surface area (Å²) in [5, 5.41) is 10.2. The van der Waals surface area contributed by atoms with Crippen LogP contribution in [0.5, 0.6) is 17.2 Å². The van der Waals surface area contributed by atoms with E-state index in [4.69, 9.17) is 9.47 Å². The zero-order chi connectivity index (χ0) is 42.7. The lowest BCUT2D eigenvalue weighted by Crippen LogP contribution is -2.28. The molecular formula is C57H38O5S. The predicted octanol–water partition coefficient (Wildman–Crippen LogP) is 12.9. The van der Waals surface area contributed by atoms with Crippen LogP contribution in [0.1, 0.15) is 69.4 Å². The fraction of sp³-hybridized carbons (Fsp3) is 0.0526. The van der Waals surface area contributed by atoms with E-state index in [9.17, 15) is 14.7 Å². The number of hydrogen-bond acceptors (Lipinski definition) is 6. The number of hydrogen-bond donors (Lipinski definition) is 1. The predicted molar refractivity (Wildman–Crippen MR) is 248 cm³/mol. The van der Waals surface area contributed by atoms with Gasteiger partial charge in [-0.05, 0) is 122 Å². The number of phenolic OH excluding ortho intramolecular Hbond substituents is 1. The topological polar surface area (TPSA) is 72.8 Å². The van der Waals surface area contributed by atoms with Crippen LogP contribution in [0.3, 0.4) is 0 Å². The first-order chi connectivity index (χ1) is 30.8. The number of esters is 2. The molecule has 5 nitrogen and oxygen atoms in total. The van der Waals surface area contributed by atoms with Crippen molar-refractivity contribution in [3.05, 3.63) is 266 Å². The highest BCUT2D eigenvalue weighted by atomic mass is 32.1.